The van der Waals surface area contributed by atoms with E-state index in [-0.39, 0.29) is 0 Å². The Morgan fingerprint density at radius 3 is 2.81 bits per heavy atom. The Kier molecular flexibility index (Phi) is 3.18. The van der Waals surface area contributed by atoms with Gasteiger partial charge in [0.05, 0.1) is 23.1 Å². The SMILES string of the molecule is CC1=CC=Cc2cc(-c3n[nH]c4cnc(-c5cncnc5)cc34)[nH]c2N1. The molecule has 0 bridgehead atoms. The Labute approximate surface area is 148 Å². The second-order valence-corrected chi connectivity index (χ2v) is 6.16. The summed E-state index contributed by atoms with van der Waals surface area (Å²) in [5, 5.41) is 11.9. The lowest BCUT2D eigenvalue weighted by Crippen LogP contribution is -1.95. The first-order valence-corrected chi connectivity index (χ1v) is 8.23. The van der Waals surface area contributed by atoms with E-state index in [0.717, 1.165) is 50.6 Å². The van der Waals surface area contributed by atoms with Crippen molar-refractivity contribution in [2.75, 3.05) is 5.32 Å². The molecule has 4 aromatic rings. The molecule has 0 saturated carbocycles. The minimum absolute atomic E-state index is 0.811. The highest BCUT2D eigenvalue weighted by atomic mass is 15.1. The molecule has 0 amide bonds. The third kappa shape index (κ3) is 2.37. The van der Waals surface area contributed by atoms with Crippen LogP contribution in [-0.4, -0.2) is 30.1 Å². The minimum Gasteiger partial charge on any atom is -0.345 e. The second-order valence-electron chi connectivity index (χ2n) is 6.16. The number of nitrogens with one attached hydrogen (secondary N) is 3. The van der Waals surface area contributed by atoms with Crippen molar-refractivity contribution in [3.05, 3.63) is 60.5 Å². The lowest BCUT2D eigenvalue weighted by atomic mass is 10.1. The van der Waals surface area contributed by atoms with E-state index in [9.17, 15) is 0 Å². The van der Waals surface area contributed by atoms with E-state index in [4.69, 9.17) is 0 Å². The molecule has 7 nitrogen and oxygen atoms in total. The first kappa shape index (κ1) is 14.6. The van der Waals surface area contributed by atoms with Gasteiger partial charge in [-0.05, 0) is 25.1 Å². The van der Waals surface area contributed by atoms with Crippen LogP contribution >= 0.6 is 0 Å². The van der Waals surface area contributed by atoms with Gasteiger partial charge in [-0.25, -0.2) is 9.97 Å². The number of aromatic nitrogens is 6. The predicted octanol–water partition coefficient (Wildman–Crippen LogP) is 3.75. The first-order valence-electron chi connectivity index (χ1n) is 8.23. The maximum atomic E-state index is 4.49. The molecule has 0 unspecified atom stereocenters. The normalized spacial score (nSPS) is 13.2. The molecule has 0 fully saturated rings. The molecule has 1 aliphatic rings. The van der Waals surface area contributed by atoms with Crippen molar-refractivity contribution in [3.8, 4) is 22.6 Å². The highest BCUT2D eigenvalue weighted by molar-refractivity contribution is 5.94. The topological polar surface area (TPSA) is 95.2 Å². The van der Waals surface area contributed by atoms with Crippen LogP contribution in [-0.2, 0) is 0 Å². The predicted molar refractivity (Wildman–Crippen MR) is 101 cm³/mol. The molecule has 3 N–H and O–H groups in total. The number of allylic oxidation sites excluding steroid dienone is 3. The van der Waals surface area contributed by atoms with Crippen LogP contribution in [0.2, 0.25) is 0 Å². The molecule has 4 aromatic heterocycles. The number of fused-ring (bicyclic) bond motifs is 2. The Morgan fingerprint density at radius 2 is 1.92 bits per heavy atom. The summed E-state index contributed by atoms with van der Waals surface area (Å²) in [4.78, 5) is 16.0. The number of nitrogens with zero attached hydrogens (tertiary/aromatic N) is 4. The first-order chi connectivity index (χ1) is 12.8. The van der Waals surface area contributed by atoms with Gasteiger partial charge in [0, 0.05) is 34.6 Å². The summed E-state index contributed by atoms with van der Waals surface area (Å²) in [7, 11) is 0. The largest absolute Gasteiger partial charge is 0.345 e. The van der Waals surface area contributed by atoms with Gasteiger partial charge in [-0.2, -0.15) is 5.10 Å². The Morgan fingerprint density at radius 1 is 1.04 bits per heavy atom. The molecule has 0 saturated heterocycles. The van der Waals surface area contributed by atoms with Gasteiger partial charge in [-0.1, -0.05) is 12.2 Å². The van der Waals surface area contributed by atoms with E-state index in [1.807, 2.05) is 25.1 Å². The number of aromatic amines is 2. The fourth-order valence-corrected chi connectivity index (χ4v) is 3.08. The zero-order chi connectivity index (χ0) is 17.5. The van der Waals surface area contributed by atoms with E-state index in [1.165, 1.54) is 6.33 Å². The van der Waals surface area contributed by atoms with Crippen LogP contribution in [0.1, 0.15) is 12.5 Å². The van der Waals surface area contributed by atoms with Gasteiger partial charge in [-0.15, -0.1) is 0 Å². The number of anilines is 1. The van der Waals surface area contributed by atoms with Crippen molar-refractivity contribution < 1.29 is 0 Å². The van der Waals surface area contributed by atoms with E-state index in [2.05, 4.69) is 47.6 Å². The molecule has 5 rings (SSSR count). The molecule has 5 heterocycles. The van der Waals surface area contributed by atoms with Crippen molar-refractivity contribution >= 4 is 22.8 Å². The van der Waals surface area contributed by atoms with Crippen LogP contribution in [0.4, 0.5) is 5.82 Å². The number of pyridine rings is 1. The monoisotopic (exact) mass is 341 g/mol. The van der Waals surface area contributed by atoms with E-state index in [0.29, 0.717) is 0 Å². The van der Waals surface area contributed by atoms with Crippen LogP contribution < -0.4 is 5.32 Å². The van der Waals surface area contributed by atoms with Gasteiger partial charge in [0.1, 0.15) is 17.8 Å². The summed E-state index contributed by atoms with van der Waals surface area (Å²) in [6.07, 6.45) is 12.9. The summed E-state index contributed by atoms with van der Waals surface area (Å²) in [6.45, 7) is 2.03. The molecule has 1 aliphatic heterocycles. The Hall–Kier alpha value is -3.74. The maximum Gasteiger partial charge on any atom is 0.116 e. The summed E-state index contributed by atoms with van der Waals surface area (Å²) in [5.41, 5.74) is 6.52. The van der Waals surface area contributed by atoms with E-state index < -0.39 is 0 Å². The number of hydrogen-bond acceptors (Lipinski definition) is 5. The summed E-state index contributed by atoms with van der Waals surface area (Å²) >= 11 is 0. The second kappa shape index (κ2) is 5.66. The summed E-state index contributed by atoms with van der Waals surface area (Å²) in [5.74, 6) is 0.962. The maximum absolute atomic E-state index is 4.49. The van der Waals surface area contributed by atoms with Gasteiger partial charge in [0.15, 0.2) is 0 Å². The molecular formula is C19H15N7. The number of H-pyrrole nitrogens is 2. The van der Waals surface area contributed by atoms with Crippen molar-refractivity contribution in [2.45, 2.75) is 6.92 Å². The molecule has 0 atom stereocenters. The van der Waals surface area contributed by atoms with Gasteiger partial charge in [0.25, 0.3) is 0 Å². The van der Waals surface area contributed by atoms with Gasteiger partial charge < -0.3 is 10.3 Å². The third-order valence-corrected chi connectivity index (χ3v) is 4.35. The Balaban J connectivity index is 1.63. The van der Waals surface area contributed by atoms with Crippen molar-refractivity contribution in [1.82, 2.24) is 30.1 Å². The van der Waals surface area contributed by atoms with Gasteiger partial charge in [-0.3, -0.25) is 10.1 Å². The van der Waals surface area contributed by atoms with E-state index >= 15 is 0 Å². The van der Waals surface area contributed by atoms with Crippen molar-refractivity contribution in [2.24, 2.45) is 0 Å². The van der Waals surface area contributed by atoms with Gasteiger partial charge >= 0.3 is 0 Å². The summed E-state index contributed by atoms with van der Waals surface area (Å²) < 4.78 is 0. The van der Waals surface area contributed by atoms with Crippen molar-refractivity contribution in [1.29, 1.82) is 0 Å². The molecular weight excluding hydrogens is 326 g/mol. The minimum atomic E-state index is 0.811. The van der Waals surface area contributed by atoms with Crippen LogP contribution in [0, 0.1) is 0 Å². The van der Waals surface area contributed by atoms with Crippen LogP contribution in [0.15, 0.2) is 54.9 Å². The highest BCUT2D eigenvalue weighted by Gasteiger charge is 2.15. The zero-order valence-electron chi connectivity index (χ0n) is 14.0. The molecule has 126 valence electrons. The molecule has 0 spiro atoms. The highest BCUT2D eigenvalue weighted by Crippen LogP contribution is 2.32. The molecule has 7 heteroatoms. The fourth-order valence-electron chi connectivity index (χ4n) is 3.08. The van der Waals surface area contributed by atoms with Crippen molar-refractivity contribution in [3.63, 3.8) is 0 Å². The Bertz CT molecular complexity index is 1170. The summed E-state index contributed by atoms with van der Waals surface area (Å²) in [6, 6.07) is 4.10. The quantitative estimate of drug-likeness (QED) is 0.516. The molecule has 26 heavy (non-hydrogen) atoms. The van der Waals surface area contributed by atoms with Crippen LogP contribution in [0.3, 0.4) is 0 Å². The lowest BCUT2D eigenvalue weighted by Gasteiger charge is -2.03. The third-order valence-electron chi connectivity index (χ3n) is 4.35. The van der Waals surface area contributed by atoms with Crippen LogP contribution in [0.25, 0.3) is 39.6 Å². The fraction of sp³-hybridized carbons (Fsp3) is 0.0526. The average Bonchev–Trinajstić information content (AvgIpc) is 3.21. The number of rotatable bonds is 2. The molecule has 0 aromatic carbocycles. The zero-order valence-corrected chi connectivity index (χ0v) is 14.0. The van der Waals surface area contributed by atoms with Crippen LogP contribution in [0.5, 0.6) is 0 Å². The van der Waals surface area contributed by atoms with Gasteiger partial charge in [0.2, 0.25) is 0 Å². The standard InChI is InChI=1S/C19H15N7/c1-11-3-2-4-12-5-16(24-19(12)23-11)18-14-6-15(13-7-20-10-21-8-13)22-9-17(14)25-26-18/h2-10,23-24H,1H3,(H,25,26). The average molecular weight is 341 g/mol. The van der Waals surface area contributed by atoms with E-state index in [1.54, 1.807) is 18.6 Å². The number of hydrogen-bond donors (Lipinski definition) is 3. The lowest BCUT2D eigenvalue weighted by molar-refractivity contribution is 1.11. The molecule has 0 radical (unpaired) electrons. The molecule has 0 aliphatic carbocycles. The smallest absolute Gasteiger partial charge is 0.116 e.